The molecule has 0 aliphatic rings. The number of pyridine rings is 1. The van der Waals surface area contributed by atoms with Gasteiger partial charge in [0.05, 0.1) is 25.6 Å². The second kappa shape index (κ2) is 7.33. The number of hydrogen-bond donors (Lipinski definition) is 0. The Morgan fingerprint density at radius 2 is 1.81 bits per heavy atom. The van der Waals surface area contributed by atoms with E-state index in [0.717, 1.165) is 28.2 Å². The standard InChI is InChI=1S/C22H19N3O2/c1-26-20-10-9-16(12-21(20)27-2)14-23-18-7-5-6-17(13-18)19-15-25-11-4-3-8-22(25)24-19/h3-15H,1-2H3. The Morgan fingerprint density at radius 1 is 0.926 bits per heavy atom. The molecular formula is C22H19N3O2. The minimum Gasteiger partial charge on any atom is -0.493 e. The van der Waals surface area contributed by atoms with Crippen molar-refractivity contribution in [2.24, 2.45) is 4.99 Å². The molecule has 2 aromatic carbocycles. The maximum atomic E-state index is 5.34. The molecule has 0 unspecified atom stereocenters. The number of hydrogen-bond acceptors (Lipinski definition) is 4. The third kappa shape index (κ3) is 3.53. The van der Waals surface area contributed by atoms with E-state index in [0.29, 0.717) is 11.5 Å². The first-order chi connectivity index (χ1) is 13.3. The number of aromatic nitrogens is 2. The van der Waals surface area contributed by atoms with Crippen LogP contribution in [-0.2, 0) is 0 Å². The summed E-state index contributed by atoms with van der Waals surface area (Å²) < 4.78 is 12.6. The molecular weight excluding hydrogens is 338 g/mol. The highest BCUT2D eigenvalue weighted by Crippen LogP contribution is 2.28. The van der Waals surface area contributed by atoms with Gasteiger partial charge in [0.2, 0.25) is 0 Å². The highest BCUT2D eigenvalue weighted by atomic mass is 16.5. The molecule has 0 saturated carbocycles. The predicted molar refractivity (Wildman–Crippen MR) is 107 cm³/mol. The van der Waals surface area contributed by atoms with Crippen LogP contribution in [0.5, 0.6) is 11.5 Å². The van der Waals surface area contributed by atoms with Crippen LogP contribution in [0.1, 0.15) is 5.56 Å². The highest BCUT2D eigenvalue weighted by Gasteiger charge is 2.05. The normalized spacial score (nSPS) is 11.2. The molecule has 2 aromatic heterocycles. The van der Waals surface area contributed by atoms with Crippen LogP contribution < -0.4 is 9.47 Å². The molecule has 5 heteroatoms. The first kappa shape index (κ1) is 16.8. The third-order valence-corrected chi connectivity index (χ3v) is 4.28. The first-order valence-corrected chi connectivity index (χ1v) is 8.57. The van der Waals surface area contributed by atoms with E-state index in [1.54, 1.807) is 14.2 Å². The number of aliphatic imine (C=N–C) groups is 1. The summed E-state index contributed by atoms with van der Waals surface area (Å²) in [4.78, 5) is 9.26. The molecule has 4 rings (SSSR count). The van der Waals surface area contributed by atoms with Crippen LogP contribution in [0.25, 0.3) is 16.9 Å². The van der Waals surface area contributed by atoms with Crippen molar-refractivity contribution in [3.05, 3.63) is 78.6 Å². The van der Waals surface area contributed by atoms with E-state index in [9.17, 15) is 0 Å². The van der Waals surface area contributed by atoms with Gasteiger partial charge in [0, 0.05) is 24.2 Å². The highest BCUT2D eigenvalue weighted by molar-refractivity contribution is 5.83. The maximum absolute atomic E-state index is 5.34. The topological polar surface area (TPSA) is 48.1 Å². The van der Waals surface area contributed by atoms with Crippen LogP contribution in [0, 0.1) is 0 Å². The van der Waals surface area contributed by atoms with Gasteiger partial charge in [0.25, 0.3) is 0 Å². The average molecular weight is 357 g/mol. The summed E-state index contributed by atoms with van der Waals surface area (Å²) in [6.45, 7) is 0. The van der Waals surface area contributed by atoms with Gasteiger partial charge in [-0.15, -0.1) is 0 Å². The van der Waals surface area contributed by atoms with Gasteiger partial charge >= 0.3 is 0 Å². The summed E-state index contributed by atoms with van der Waals surface area (Å²) in [5.41, 5.74) is 4.67. The van der Waals surface area contributed by atoms with Gasteiger partial charge in [-0.1, -0.05) is 18.2 Å². The molecule has 0 radical (unpaired) electrons. The Labute approximate surface area is 157 Å². The summed E-state index contributed by atoms with van der Waals surface area (Å²) in [6.07, 6.45) is 5.82. The van der Waals surface area contributed by atoms with Gasteiger partial charge in [-0.2, -0.15) is 0 Å². The van der Waals surface area contributed by atoms with Crippen LogP contribution in [0.4, 0.5) is 5.69 Å². The Bertz CT molecular complexity index is 1080. The van der Waals surface area contributed by atoms with Crippen molar-refractivity contribution in [1.82, 2.24) is 9.38 Å². The van der Waals surface area contributed by atoms with Gasteiger partial charge in [-0.25, -0.2) is 4.98 Å². The second-order valence-electron chi connectivity index (χ2n) is 6.02. The number of benzene rings is 2. The molecule has 0 atom stereocenters. The number of ether oxygens (including phenoxy) is 2. The smallest absolute Gasteiger partial charge is 0.161 e. The van der Waals surface area contributed by atoms with Gasteiger partial charge in [-0.3, -0.25) is 4.99 Å². The van der Waals surface area contributed by atoms with E-state index in [1.807, 2.05) is 83.7 Å². The molecule has 0 bridgehead atoms. The lowest BCUT2D eigenvalue weighted by atomic mass is 10.1. The summed E-state index contributed by atoms with van der Waals surface area (Å²) in [5, 5.41) is 0. The zero-order chi connectivity index (χ0) is 18.6. The fourth-order valence-electron chi connectivity index (χ4n) is 2.90. The van der Waals surface area contributed by atoms with E-state index in [4.69, 9.17) is 9.47 Å². The molecule has 134 valence electrons. The van der Waals surface area contributed by atoms with E-state index < -0.39 is 0 Å². The maximum Gasteiger partial charge on any atom is 0.161 e. The van der Waals surface area contributed by atoms with Gasteiger partial charge in [-0.05, 0) is 48.0 Å². The molecule has 0 aliphatic heterocycles. The molecule has 0 fully saturated rings. The predicted octanol–water partition coefficient (Wildman–Crippen LogP) is 4.77. The van der Waals surface area contributed by atoms with E-state index >= 15 is 0 Å². The van der Waals surface area contributed by atoms with Crippen LogP contribution in [0.3, 0.4) is 0 Å². The molecule has 4 aromatic rings. The van der Waals surface area contributed by atoms with Crippen molar-refractivity contribution < 1.29 is 9.47 Å². The zero-order valence-electron chi connectivity index (χ0n) is 15.2. The Hall–Kier alpha value is -3.60. The molecule has 2 heterocycles. The number of rotatable bonds is 5. The molecule has 0 aliphatic carbocycles. The molecule has 0 N–H and O–H groups in total. The molecule has 27 heavy (non-hydrogen) atoms. The van der Waals surface area contributed by atoms with Crippen molar-refractivity contribution in [2.45, 2.75) is 0 Å². The van der Waals surface area contributed by atoms with Crippen molar-refractivity contribution in [3.8, 4) is 22.8 Å². The number of fused-ring (bicyclic) bond motifs is 1. The lowest BCUT2D eigenvalue weighted by Crippen LogP contribution is -1.91. The fraction of sp³-hybridized carbons (Fsp3) is 0.0909. The van der Waals surface area contributed by atoms with Crippen LogP contribution in [0.15, 0.2) is 78.0 Å². The summed E-state index contributed by atoms with van der Waals surface area (Å²) in [6, 6.07) is 19.7. The molecule has 5 nitrogen and oxygen atoms in total. The fourth-order valence-corrected chi connectivity index (χ4v) is 2.90. The minimum atomic E-state index is 0.680. The van der Waals surface area contributed by atoms with Gasteiger partial charge in [0.15, 0.2) is 11.5 Å². The van der Waals surface area contributed by atoms with Gasteiger partial charge in [0.1, 0.15) is 5.65 Å². The van der Waals surface area contributed by atoms with E-state index in [1.165, 1.54) is 0 Å². The zero-order valence-corrected chi connectivity index (χ0v) is 15.2. The summed E-state index contributed by atoms with van der Waals surface area (Å²) in [5.74, 6) is 1.38. The van der Waals surface area contributed by atoms with Gasteiger partial charge < -0.3 is 13.9 Å². The number of nitrogens with zero attached hydrogens (tertiary/aromatic N) is 3. The van der Waals surface area contributed by atoms with E-state index in [2.05, 4.69) is 9.98 Å². The SMILES string of the molecule is COc1ccc(C=Nc2cccc(-c3cn4ccccc4n3)c2)cc1OC. The van der Waals surface area contributed by atoms with Crippen LogP contribution >= 0.6 is 0 Å². The molecule has 0 saturated heterocycles. The summed E-state index contributed by atoms with van der Waals surface area (Å²) >= 11 is 0. The van der Waals surface area contributed by atoms with Crippen molar-refractivity contribution in [3.63, 3.8) is 0 Å². The van der Waals surface area contributed by atoms with Crippen LogP contribution in [-0.4, -0.2) is 29.8 Å². The van der Waals surface area contributed by atoms with E-state index in [-0.39, 0.29) is 0 Å². The third-order valence-electron chi connectivity index (χ3n) is 4.28. The lowest BCUT2D eigenvalue weighted by molar-refractivity contribution is 0.355. The second-order valence-corrected chi connectivity index (χ2v) is 6.02. The number of imidazole rings is 1. The number of methoxy groups -OCH3 is 2. The Balaban J connectivity index is 1.62. The summed E-state index contributed by atoms with van der Waals surface area (Å²) in [7, 11) is 3.24. The molecule has 0 spiro atoms. The first-order valence-electron chi connectivity index (χ1n) is 8.57. The van der Waals surface area contributed by atoms with Crippen molar-refractivity contribution in [1.29, 1.82) is 0 Å². The monoisotopic (exact) mass is 357 g/mol. The largest absolute Gasteiger partial charge is 0.493 e. The van der Waals surface area contributed by atoms with Crippen molar-refractivity contribution >= 4 is 17.5 Å². The minimum absolute atomic E-state index is 0.680. The Morgan fingerprint density at radius 3 is 2.63 bits per heavy atom. The average Bonchev–Trinajstić information content (AvgIpc) is 3.16. The van der Waals surface area contributed by atoms with Crippen LogP contribution in [0.2, 0.25) is 0 Å². The molecule has 0 amide bonds. The quantitative estimate of drug-likeness (QED) is 0.484. The Kier molecular flexibility index (Phi) is 4.58. The lowest BCUT2D eigenvalue weighted by Gasteiger charge is -2.07. The van der Waals surface area contributed by atoms with Crippen molar-refractivity contribution in [2.75, 3.05) is 14.2 Å².